The second-order valence-electron chi connectivity index (χ2n) is 6.24. The molecule has 1 aliphatic heterocycles. The Balaban J connectivity index is 2.06. The van der Waals surface area contributed by atoms with Gasteiger partial charge in [-0.15, -0.1) is 0 Å². The van der Waals surface area contributed by atoms with E-state index >= 15 is 0 Å². The third kappa shape index (κ3) is 4.41. The fourth-order valence-corrected chi connectivity index (χ4v) is 2.95. The number of ether oxygens (including phenoxy) is 1. The minimum atomic E-state index is -4.21. The smallest absolute Gasteiger partial charge is 0.393 e. The standard InChI is InChI=1S/C17H23F3N2O2/c1-11-6-7-15(24-3)14(9-11)21-16(23)12(2)22-8-4-5-13(10-22)17(18,19)20/h6-7,9,12-13H,4-5,8,10H2,1-3H3,(H,21,23). The van der Waals surface area contributed by atoms with Gasteiger partial charge in [0, 0.05) is 6.54 Å². The first-order valence-corrected chi connectivity index (χ1v) is 7.98. The van der Waals surface area contributed by atoms with Crippen molar-refractivity contribution < 1.29 is 22.7 Å². The van der Waals surface area contributed by atoms with Crippen molar-refractivity contribution >= 4 is 11.6 Å². The number of rotatable bonds is 4. The number of halogens is 3. The van der Waals surface area contributed by atoms with Gasteiger partial charge in [-0.1, -0.05) is 6.07 Å². The highest BCUT2D eigenvalue weighted by Gasteiger charge is 2.43. The highest BCUT2D eigenvalue weighted by atomic mass is 19.4. The largest absolute Gasteiger partial charge is 0.495 e. The number of hydrogen-bond acceptors (Lipinski definition) is 3. The number of anilines is 1. The second kappa shape index (κ2) is 7.42. The molecule has 0 spiro atoms. The summed E-state index contributed by atoms with van der Waals surface area (Å²) in [6.45, 7) is 3.88. The molecule has 0 aliphatic carbocycles. The Kier molecular flexibility index (Phi) is 5.74. The number of nitrogens with zero attached hydrogens (tertiary/aromatic N) is 1. The minimum Gasteiger partial charge on any atom is -0.495 e. The molecule has 4 nitrogen and oxygen atoms in total. The van der Waals surface area contributed by atoms with Crippen LogP contribution in [0.25, 0.3) is 0 Å². The van der Waals surface area contributed by atoms with Crippen molar-refractivity contribution in [1.82, 2.24) is 4.90 Å². The third-order valence-electron chi connectivity index (χ3n) is 4.46. The van der Waals surface area contributed by atoms with Gasteiger partial charge in [0.1, 0.15) is 5.75 Å². The molecule has 1 aliphatic rings. The molecule has 2 atom stereocenters. The highest BCUT2D eigenvalue weighted by molar-refractivity contribution is 5.95. The summed E-state index contributed by atoms with van der Waals surface area (Å²) >= 11 is 0. The maximum Gasteiger partial charge on any atom is 0.393 e. The molecule has 0 bridgehead atoms. The van der Waals surface area contributed by atoms with E-state index in [1.165, 1.54) is 7.11 Å². The number of carbonyl (C=O) groups is 1. The summed E-state index contributed by atoms with van der Waals surface area (Å²) < 4.78 is 44.0. The molecule has 134 valence electrons. The molecule has 1 fully saturated rings. The maximum atomic E-state index is 12.9. The van der Waals surface area contributed by atoms with Crippen molar-refractivity contribution in [2.24, 2.45) is 5.92 Å². The summed E-state index contributed by atoms with van der Waals surface area (Å²) in [4.78, 5) is 14.1. The number of likely N-dealkylation sites (tertiary alicyclic amines) is 1. The number of hydrogen-bond donors (Lipinski definition) is 1. The van der Waals surface area contributed by atoms with Crippen molar-refractivity contribution in [3.63, 3.8) is 0 Å². The molecule has 1 amide bonds. The molecule has 1 N–H and O–H groups in total. The van der Waals surface area contributed by atoms with Crippen molar-refractivity contribution in [1.29, 1.82) is 0 Å². The molecule has 2 unspecified atom stereocenters. The molecule has 1 aromatic carbocycles. The van der Waals surface area contributed by atoms with E-state index < -0.39 is 18.1 Å². The summed E-state index contributed by atoms with van der Waals surface area (Å²) in [6, 6.07) is 4.74. The first-order valence-electron chi connectivity index (χ1n) is 7.98. The van der Waals surface area contributed by atoms with Crippen LogP contribution in [0.15, 0.2) is 18.2 Å². The number of aryl methyl sites for hydroxylation is 1. The summed E-state index contributed by atoms with van der Waals surface area (Å²) in [5.74, 6) is -1.18. The van der Waals surface area contributed by atoms with E-state index in [0.29, 0.717) is 24.4 Å². The van der Waals surface area contributed by atoms with E-state index in [-0.39, 0.29) is 18.9 Å². The lowest BCUT2D eigenvalue weighted by atomic mass is 9.96. The van der Waals surface area contributed by atoms with E-state index in [1.807, 2.05) is 13.0 Å². The van der Waals surface area contributed by atoms with Gasteiger partial charge in [-0.25, -0.2) is 0 Å². The molecule has 24 heavy (non-hydrogen) atoms. The van der Waals surface area contributed by atoms with Gasteiger partial charge in [0.05, 0.1) is 24.8 Å². The Morgan fingerprint density at radius 2 is 2.12 bits per heavy atom. The highest BCUT2D eigenvalue weighted by Crippen LogP contribution is 2.34. The monoisotopic (exact) mass is 344 g/mol. The quantitative estimate of drug-likeness (QED) is 0.907. The third-order valence-corrected chi connectivity index (χ3v) is 4.46. The van der Waals surface area contributed by atoms with Gasteiger partial charge in [-0.05, 0) is 50.9 Å². The van der Waals surface area contributed by atoms with Crippen LogP contribution in [0, 0.1) is 12.8 Å². The van der Waals surface area contributed by atoms with Crippen molar-refractivity contribution in [3.05, 3.63) is 23.8 Å². The van der Waals surface area contributed by atoms with Crippen LogP contribution in [-0.4, -0.2) is 43.2 Å². The van der Waals surface area contributed by atoms with Crippen LogP contribution in [0.3, 0.4) is 0 Å². The Labute approximate surface area is 140 Å². The number of methoxy groups -OCH3 is 1. The average Bonchev–Trinajstić information content (AvgIpc) is 2.53. The van der Waals surface area contributed by atoms with Gasteiger partial charge >= 0.3 is 6.18 Å². The van der Waals surface area contributed by atoms with E-state index in [1.54, 1.807) is 24.0 Å². The fraction of sp³-hybridized carbons (Fsp3) is 0.588. The maximum absolute atomic E-state index is 12.9. The number of piperidine rings is 1. The normalized spacial score (nSPS) is 20.5. The average molecular weight is 344 g/mol. The summed E-state index contributed by atoms with van der Waals surface area (Å²) in [5, 5.41) is 2.77. The Morgan fingerprint density at radius 1 is 1.42 bits per heavy atom. The molecule has 1 aromatic rings. The molecular formula is C17H23F3N2O2. The second-order valence-corrected chi connectivity index (χ2v) is 6.24. The molecule has 0 radical (unpaired) electrons. The Bertz CT molecular complexity index is 590. The first-order chi connectivity index (χ1) is 11.2. The number of carbonyl (C=O) groups excluding carboxylic acids is 1. The minimum absolute atomic E-state index is 0.125. The first kappa shape index (κ1) is 18.6. The van der Waals surface area contributed by atoms with Gasteiger partial charge in [0.2, 0.25) is 5.91 Å². The van der Waals surface area contributed by atoms with Gasteiger partial charge in [-0.2, -0.15) is 13.2 Å². The van der Waals surface area contributed by atoms with Crippen molar-refractivity contribution in [2.75, 3.05) is 25.5 Å². The lowest BCUT2D eigenvalue weighted by Gasteiger charge is -2.36. The van der Waals surface area contributed by atoms with Gasteiger partial charge in [-0.3, -0.25) is 9.69 Å². The molecule has 2 rings (SSSR count). The lowest BCUT2D eigenvalue weighted by molar-refractivity contribution is -0.188. The molecule has 1 saturated heterocycles. The van der Waals surface area contributed by atoms with Gasteiger partial charge < -0.3 is 10.1 Å². The van der Waals surface area contributed by atoms with E-state index in [0.717, 1.165) is 5.56 Å². The van der Waals surface area contributed by atoms with E-state index in [9.17, 15) is 18.0 Å². The van der Waals surface area contributed by atoms with Crippen LogP contribution in [0.2, 0.25) is 0 Å². The molecule has 1 heterocycles. The van der Waals surface area contributed by atoms with Crippen LogP contribution >= 0.6 is 0 Å². The summed E-state index contributed by atoms with van der Waals surface area (Å²) in [5.41, 5.74) is 1.48. The summed E-state index contributed by atoms with van der Waals surface area (Å²) in [6.07, 6.45) is -3.65. The van der Waals surface area contributed by atoms with E-state index in [2.05, 4.69) is 5.32 Å². The number of alkyl halides is 3. The Hall–Kier alpha value is -1.76. The molecule has 7 heteroatoms. The molecule has 0 saturated carbocycles. The van der Waals surface area contributed by atoms with Crippen LogP contribution < -0.4 is 10.1 Å². The van der Waals surface area contributed by atoms with Crippen molar-refractivity contribution in [3.8, 4) is 5.75 Å². The van der Waals surface area contributed by atoms with Gasteiger partial charge in [0.15, 0.2) is 0 Å². The zero-order valence-corrected chi connectivity index (χ0v) is 14.1. The Morgan fingerprint density at radius 3 is 2.75 bits per heavy atom. The molecular weight excluding hydrogens is 321 g/mol. The predicted octanol–water partition coefficient (Wildman–Crippen LogP) is 3.60. The SMILES string of the molecule is COc1ccc(C)cc1NC(=O)C(C)N1CCCC(C(F)(F)F)C1. The zero-order valence-electron chi connectivity index (χ0n) is 14.1. The van der Waals surface area contributed by atoms with Crippen LogP contribution in [-0.2, 0) is 4.79 Å². The zero-order chi connectivity index (χ0) is 17.9. The number of nitrogens with one attached hydrogen (secondary N) is 1. The van der Waals surface area contributed by atoms with Gasteiger partial charge in [0.25, 0.3) is 0 Å². The van der Waals surface area contributed by atoms with Crippen molar-refractivity contribution in [2.45, 2.75) is 38.9 Å². The number of benzene rings is 1. The predicted molar refractivity (Wildman–Crippen MR) is 86.2 cm³/mol. The van der Waals surface area contributed by atoms with Crippen LogP contribution in [0.4, 0.5) is 18.9 Å². The topological polar surface area (TPSA) is 41.6 Å². The lowest BCUT2D eigenvalue weighted by Crippen LogP contribution is -2.49. The number of amides is 1. The van der Waals surface area contributed by atoms with Crippen LogP contribution in [0.5, 0.6) is 5.75 Å². The van der Waals surface area contributed by atoms with Crippen LogP contribution in [0.1, 0.15) is 25.3 Å². The summed E-state index contributed by atoms with van der Waals surface area (Å²) in [7, 11) is 1.50. The fourth-order valence-electron chi connectivity index (χ4n) is 2.95. The molecule has 0 aromatic heterocycles. The van der Waals surface area contributed by atoms with E-state index in [4.69, 9.17) is 4.74 Å².